The van der Waals surface area contributed by atoms with Gasteiger partial charge in [0.15, 0.2) is 0 Å². The molecule has 0 saturated heterocycles. The highest BCUT2D eigenvalue weighted by atomic mass is 16.3. The average Bonchev–Trinajstić information content (AvgIpc) is 2.53. The number of hydrogen-bond donors (Lipinski definition) is 1. The number of nitrogens with zero attached hydrogens (tertiary/aromatic N) is 3. The molecular formula is C16H29N3O2. The monoisotopic (exact) mass is 295 g/mol. The fourth-order valence-electron chi connectivity index (χ4n) is 2.47. The topological polar surface area (TPSA) is 58.4 Å². The van der Waals surface area contributed by atoms with Crippen LogP contribution in [0, 0.1) is 19.8 Å². The Kier molecular flexibility index (Phi) is 5.56. The van der Waals surface area contributed by atoms with Crippen molar-refractivity contribution in [1.29, 1.82) is 0 Å². The smallest absolute Gasteiger partial charge is 0.226 e. The summed E-state index contributed by atoms with van der Waals surface area (Å²) in [5.41, 5.74) is 2.10. The molecule has 1 heterocycles. The summed E-state index contributed by atoms with van der Waals surface area (Å²) < 4.78 is 1.98. The molecule has 0 unspecified atom stereocenters. The fraction of sp³-hybridized carbons (Fsp3) is 0.750. The predicted octanol–water partition coefficient (Wildman–Crippen LogP) is 1.93. The summed E-state index contributed by atoms with van der Waals surface area (Å²) in [4.78, 5) is 13.9. The van der Waals surface area contributed by atoms with Crippen LogP contribution in [0.15, 0.2) is 0 Å². The molecule has 1 aromatic rings. The first kappa shape index (κ1) is 17.7. The normalized spacial score (nSPS) is 12.0. The van der Waals surface area contributed by atoms with E-state index in [0.717, 1.165) is 23.5 Å². The van der Waals surface area contributed by atoms with Gasteiger partial charge in [0.2, 0.25) is 5.91 Å². The van der Waals surface area contributed by atoms with Gasteiger partial charge in [-0.2, -0.15) is 5.10 Å². The van der Waals surface area contributed by atoms with E-state index in [1.54, 1.807) is 25.8 Å². The second-order valence-electron chi connectivity index (χ2n) is 6.96. The molecule has 0 radical (unpaired) electrons. The average molecular weight is 295 g/mol. The molecule has 0 aromatic carbocycles. The zero-order chi connectivity index (χ0) is 16.4. The van der Waals surface area contributed by atoms with Crippen LogP contribution in [0.3, 0.4) is 0 Å². The molecule has 0 bridgehead atoms. The Hall–Kier alpha value is -1.36. The lowest BCUT2D eigenvalue weighted by atomic mass is 10.1. The highest BCUT2D eigenvalue weighted by Gasteiger charge is 2.22. The van der Waals surface area contributed by atoms with Gasteiger partial charge >= 0.3 is 0 Å². The van der Waals surface area contributed by atoms with Gasteiger partial charge in [-0.05, 0) is 33.6 Å². The standard InChI is InChI=1S/C16H29N3O2/c1-11(2)9-19-13(4)14(12(3)17-19)8-15(20)18(7)10-16(5,6)21/h11,21H,8-10H2,1-7H3. The molecule has 0 fully saturated rings. The summed E-state index contributed by atoms with van der Waals surface area (Å²) in [5, 5.41) is 14.3. The Labute approximate surface area is 127 Å². The molecule has 5 heteroatoms. The molecule has 1 rings (SSSR count). The van der Waals surface area contributed by atoms with Crippen LogP contribution in [0.4, 0.5) is 0 Å². The van der Waals surface area contributed by atoms with Gasteiger partial charge in [-0.1, -0.05) is 13.8 Å². The minimum atomic E-state index is -0.879. The third-order valence-electron chi connectivity index (χ3n) is 3.45. The first-order valence-corrected chi connectivity index (χ1v) is 7.50. The van der Waals surface area contributed by atoms with E-state index in [0.29, 0.717) is 18.9 Å². The molecule has 1 amide bonds. The lowest BCUT2D eigenvalue weighted by Crippen LogP contribution is -2.40. The van der Waals surface area contributed by atoms with Crippen LogP contribution in [0.25, 0.3) is 0 Å². The summed E-state index contributed by atoms with van der Waals surface area (Å²) in [6.45, 7) is 12.9. The van der Waals surface area contributed by atoms with Gasteiger partial charge in [0.1, 0.15) is 0 Å². The van der Waals surface area contributed by atoms with E-state index in [9.17, 15) is 9.90 Å². The number of carbonyl (C=O) groups is 1. The number of amides is 1. The van der Waals surface area contributed by atoms with E-state index in [-0.39, 0.29) is 5.91 Å². The number of rotatable bonds is 6. The second kappa shape index (κ2) is 6.60. The largest absolute Gasteiger partial charge is 0.389 e. The highest BCUT2D eigenvalue weighted by Crippen LogP contribution is 2.16. The molecule has 0 spiro atoms. The molecule has 5 nitrogen and oxygen atoms in total. The quantitative estimate of drug-likeness (QED) is 0.872. The van der Waals surface area contributed by atoms with E-state index < -0.39 is 5.60 Å². The number of hydrogen-bond acceptors (Lipinski definition) is 3. The number of aliphatic hydroxyl groups is 1. The number of likely N-dealkylation sites (N-methyl/N-ethyl adjacent to an activating group) is 1. The first-order valence-electron chi connectivity index (χ1n) is 7.50. The maximum atomic E-state index is 12.3. The van der Waals surface area contributed by atoms with Gasteiger partial charge in [-0.3, -0.25) is 9.48 Å². The minimum absolute atomic E-state index is 0.00687. The Morgan fingerprint density at radius 1 is 1.38 bits per heavy atom. The summed E-state index contributed by atoms with van der Waals surface area (Å²) in [7, 11) is 1.73. The van der Waals surface area contributed by atoms with Gasteiger partial charge in [-0.15, -0.1) is 0 Å². The van der Waals surface area contributed by atoms with Crippen molar-refractivity contribution in [2.75, 3.05) is 13.6 Å². The fourth-order valence-corrected chi connectivity index (χ4v) is 2.47. The van der Waals surface area contributed by atoms with Gasteiger partial charge < -0.3 is 10.0 Å². The van der Waals surface area contributed by atoms with E-state index in [1.165, 1.54) is 0 Å². The molecule has 0 aliphatic heterocycles. The van der Waals surface area contributed by atoms with Crippen LogP contribution in [0.2, 0.25) is 0 Å². The van der Waals surface area contributed by atoms with Crippen LogP contribution < -0.4 is 0 Å². The van der Waals surface area contributed by atoms with Gasteiger partial charge in [0.05, 0.1) is 17.7 Å². The van der Waals surface area contributed by atoms with Crippen molar-refractivity contribution < 1.29 is 9.90 Å². The van der Waals surface area contributed by atoms with E-state index in [1.807, 2.05) is 18.5 Å². The highest BCUT2D eigenvalue weighted by molar-refractivity contribution is 5.79. The van der Waals surface area contributed by atoms with Crippen LogP contribution >= 0.6 is 0 Å². The maximum Gasteiger partial charge on any atom is 0.226 e. The molecular weight excluding hydrogens is 266 g/mol. The van der Waals surface area contributed by atoms with Crippen molar-refractivity contribution in [2.24, 2.45) is 5.92 Å². The van der Waals surface area contributed by atoms with Crippen molar-refractivity contribution in [1.82, 2.24) is 14.7 Å². The lowest BCUT2D eigenvalue weighted by molar-refractivity contribution is -0.131. The van der Waals surface area contributed by atoms with Crippen LogP contribution in [0.1, 0.15) is 44.6 Å². The summed E-state index contributed by atoms with van der Waals surface area (Å²) >= 11 is 0. The molecule has 0 aliphatic rings. The Bertz CT molecular complexity index is 498. The van der Waals surface area contributed by atoms with Crippen LogP contribution in [-0.4, -0.2) is 44.9 Å². The SMILES string of the molecule is Cc1nn(CC(C)C)c(C)c1CC(=O)N(C)CC(C)(C)O. The van der Waals surface area contributed by atoms with Crippen molar-refractivity contribution in [3.05, 3.63) is 17.0 Å². The summed E-state index contributed by atoms with van der Waals surface area (Å²) in [6.07, 6.45) is 0.336. The third kappa shape index (κ3) is 5.16. The van der Waals surface area contributed by atoms with Crippen molar-refractivity contribution in [3.8, 4) is 0 Å². The Morgan fingerprint density at radius 3 is 2.43 bits per heavy atom. The Morgan fingerprint density at radius 2 is 1.95 bits per heavy atom. The molecule has 0 aliphatic carbocycles. The number of carbonyl (C=O) groups excluding carboxylic acids is 1. The zero-order valence-electron chi connectivity index (χ0n) is 14.4. The minimum Gasteiger partial charge on any atom is -0.389 e. The molecule has 1 N–H and O–H groups in total. The molecule has 0 saturated carbocycles. The van der Waals surface area contributed by atoms with Crippen LogP contribution in [0.5, 0.6) is 0 Å². The number of aryl methyl sites for hydroxylation is 1. The van der Waals surface area contributed by atoms with Crippen molar-refractivity contribution >= 4 is 5.91 Å². The first-order chi connectivity index (χ1) is 9.51. The molecule has 120 valence electrons. The molecule has 1 aromatic heterocycles. The van der Waals surface area contributed by atoms with E-state index in [4.69, 9.17) is 0 Å². The number of aromatic nitrogens is 2. The van der Waals surface area contributed by atoms with Gasteiger partial charge in [0, 0.05) is 31.4 Å². The van der Waals surface area contributed by atoms with Gasteiger partial charge in [-0.25, -0.2) is 0 Å². The second-order valence-corrected chi connectivity index (χ2v) is 6.96. The third-order valence-corrected chi connectivity index (χ3v) is 3.45. The zero-order valence-corrected chi connectivity index (χ0v) is 14.4. The van der Waals surface area contributed by atoms with Crippen molar-refractivity contribution in [2.45, 2.75) is 60.1 Å². The molecule has 0 atom stereocenters. The van der Waals surface area contributed by atoms with Gasteiger partial charge in [0.25, 0.3) is 0 Å². The molecule has 21 heavy (non-hydrogen) atoms. The predicted molar refractivity (Wildman–Crippen MR) is 84.2 cm³/mol. The summed E-state index contributed by atoms with van der Waals surface area (Å²) in [5.74, 6) is 0.525. The Balaban J connectivity index is 2.83. The summed E-state index contributed by atoms with van der Waals surface area (Å²) in [6, 6.07) is 0. The maximum absolute atomic E-state index is 12.3. The van der Waals surface area contributed by atoms with Crippen LogP contribution in [-0.2, 0) is 17.8 Å². The van der Waals surface area contributed by atoms with Crippen molar-refractivity contribution in [3.63, 3.8) is 0 Å². The lowest BCUT2D eigenvalue weighted by Gasteiger charge is -2.25. The van der Waals surface area contributed by atoms with E-state index in [2.05, 4.69) is 18.9 Å². The van der Waals surface area contributed by atoms with E-state index >= 15 is 0 Å².